The molecule has 0 aromatic heterocycles. The SMILES string of the molecule is COc1cccc(C(N)CO)c1OC1CCSCC1. The molecular weight excluding hydrogens is 262 g/mol. The zero-order valence-corrected chi connectivity index (χ0v) is 12.0. The van der Waals surface area contributed by atoms with Gasteiger partial charge in [0.15, 0.2) is 11.5 Å². The van der Waals surface area contributed by atoms with Crippen molar-refractivity contribution in [2.75, 3.05) is 25.2 Å². The minimum atomic E-state index is -0.442. The zero-order valence-electron chi connectivity index (χ0n) is 11.2. The molecule has 3 N–H and O–H groups in total. The summed E-state index contributed by atoms with van der Waals surface area (Å²) < 4.78 is 11.5. The van der Waals surface area contributed by atoms with Crippen molar-refractivity contribution in [2.24, 2.45) is 5.73 Å². The fourth-order valence-electron chi connectivity index (χ4n) is 2.17. The van der Waals surface area contributed by atoms with Gasteiger partial charge in [-0.25, -0.2) is 0 Å². The molecular formula is C14H21NO3S. The Bertz CT molecular complexity index is 408. The summed E-state index contributed by atoms with van der Waals surface area (Å²) >= 11 is 1.96. The van der Waals surface area contributed by atoms with Crippen LogP contribution in [0, 0.1) is 0 Å². The topological polar surface area (TPSA) is 64.7 Å². The molecule has 0 aliphatic carbocycles. The van der Waals surface area contributed by atoms with Gasteiger partial charge in [-0.05, 0) is 30.4 Å². The van der Waals surface area contributed by atoms with Crippen molar-refractivity contribution in [1.82, 2.24) is 0 Å². The van der Waals surface area contributed by atoms with Crippen LogP contribution in [0.1, 0.15) is 24.4 Å². The van der Waals surface area contributed by atoms with E-state index in [2.05, 4.69) is 0 Å². The molecule has 0 spiro atoms. The summed E-state index contributed by atoms with van der Waals surface area (Å²) in [6, 6.07) is 5.17. The molecule has 1 heterocycles. The van der Waals surface area contributed by atoms with Crippen molar-refractivity contribution >= 4 is 11.8 Å². The van der Waals surface area contributed by atoms with Crippen molar-refractivity contribution in [3.05, 3.63) is 23.8 Å². The van der Waals surface area contributed by atoms with Gasteiger partial charge in [-0.15, -0.1) is 0 Å². The van der Waals surface area contributed by atoms with Crippen LogP contribution in [0.5, 0.6) is 11.5 Å². The van der Waals surface area contributed by atoms with E-state index in [4.69, 9.17) is 15.2 Å². The van der Waals surface area contributed by atoms with E-state index in [1.54, 1.807) is 7.11 Å². The van der Waals surface area contributed by atoms with Crippen LogP contribution in [0.15, 0.2) is 18.2 Å². The number of methoxy groups -OCH3 is 1. The third-order valence-electron chi connectivity index (χ3n) is 3.28. The Balaban J connectivity index is 2.24. The van der Waals surface area contributed by atoms with E-state index < -0.39 is 6.04 Å². The summed E-state index contributed by atoms with van der Waals surface area (Å²) in [5, 5.41) is 9.26. The van der Waals surface area contributed by atoms with E-state index >= 15 is 0 Å². The fourth-order valence-corrected chi connectivity index (χ4v) is 3.23. The first kappa shape index (κ1) is 14.5. The largest absolute Gasteiger partial charge is 0.493 e. The lowest BCUT2D eigenvalue weighted by Gasteiger charge is -2.26. The Morgan fingerprint density at radius 1 is 1.42 bits per heavy atom. The Kier molecular flexibility index (Phi) is 5.36. The van der Waals surface area contributed by atoms with Crippen LogP contribution < -0.4 is 15.2 Å². The summed E-state index contributed by atoms with van der Waals surface area (Å²) in [4.78, 5) is 0. The molecule has 1 unspecified atom stereocenters. The molecule has 1 fully saturated rings. The first-order valence-corrected chi connectivity index (χ1v) is 7.69. The molecule has 1 atom stereocenters. The predicted octanol–water partition coefficient (Wildman–Crippen LogP) is 1.96. The molecule has 1 saturated heterocycles. The van der Waals surface area contributed by atoms with Gasteiger partial charge in [0.25, 0.3) is 0 Å². The van der Waals surface area contributed by atoms with E-state index in [0.717, 1.165) is 29.9 Å². The van der Waals surface area contributed by atoms with Gasteiger partial charge in [0.05, 0.1) is 19.8 Å². The number of hydrogen-bond acceptors (Lipinski definition) is 5. The average Bonchev–Trinajstić information content (AvgIpc) is 2.47. The van der Waals surface area contributed by atoms with Crippen LogP contribution in [0.2, 0.25) is 0 Å². The van der Waals surface area contributed by atoms with Gasteiger partial charge in [-0.2, -0.15) is 11.8 Å². The Hall–Kier alpha value is -0.910. The monoisotopic (exact) mass is 283 g/mol. The predicted molar refractivity (Wildman–Crippen MR) is 78.0 cm³/mol. The third-order valence-corrected chi connectivity index (χ3v) is 4.33. The van der Waals surface area contributed by atoms with Crippen LogP contribution >= 0.6 is 11.8 Å². The fraction of sp³-hybridized carbons (Fsp3) is 0.571. The van der Waals surface area contributed by atoms with Gasteiger partial charge in [-0.3, -0.25) is 0 Å². The van der Waals surface area contributed by atoms with Crippen molar-refractivity contribution < 1.29 is 14.6 Å². The van der Waals surface area contributed by atoms with Crippen molar-refractivity contribution in [2.45, 2.75) is 25.0 Å². The molecule has 1 aromatic carbocycles. The number of benzene rings is 1. The summed E-state index contributed by atoms with van der Waals surface area (Å²) in [7, 11) is 1.62. The lowest BCUT2D eigenvalue weighted by Crippen LogP contribution is -2.24. The standard InChI is InChI=1S/C14H21NO3S/c1-17-13-4-2-3-11(12(15)9-16)14(13)18-10-5-7-19-8-6-10/h2-4,10,12,16H,5-9,15H2,1H3. The number of aliphatic hydroxyl groups is 1. The number of rotatable bonds is 5. The second-order valence-corrected chi connectivity index (χ2v) is 5.82. The van der Waals surface area contributed by atoms with Crippen molar-refractivity contribution in [3.8, 4) is 11.5 Å². The number of hydrogen-bond donors (Lipinski definition) is 2. The van der Waals surface area contributed by atoms with E-state index in [9.17, 15) is 5.11 Å². The molecule has 19 heavy (non-hydrogen) atoms. The number of ether oxygens (including phenoxy) is 2. The molecule has 1 aliphatic rings. The minimum Gasteiger partial charge on any atom is -0.493 e. The lowest BCUT2D eigenvalue weighted by atomic mass is 10.1. The molecule has 0 amide bonds. The maximum Gasteiger partial charge on any atom is 0.166 e. The molecule has 0 saturated carbocycles. The highest BCUT2D eigenvalue weighted by Gasteiger charge is 2.21. The van der Waals surface area contributed by atoms with Crippen molar-refractivity contribution in [1.29, 1.82) is 0 Å². The Morgan fingerprint density at radius 2 is 2.16 bits per heavy atom. The Morgan fingerprint density at radius 3 is 2.79 bits per heavy atom. The highest BCUT2D eigenvalue weighted by molar-refractivity contribution is 7.99. The number of aliphatic hydroxyl groups excluding tert-OH is 1. The number of thioether (sulfide) groups is 1. The first-order valence-electron chi connectivity index (χ1n) is 6.54. The number of nitrogens with two attached hydrogens (primary N) is 1. The van der Waals surface area contributed by atoms with E-state index in [0.29, 0.717) is 11.5 Å². The van der Waals surface area contributed by atoms with E-state index in [1.807, 2.05) is 30.0 Å². The maximum absolute atomic E-state index is 9.26. The van der Waals surface area contributed by atoms with Crippen LogP contribution in [0.4, 0.5) is 0 Å². The highest BCUT2D eigenvalue weighted by Crippen LogP contribution is 2.36. The molecule has 106 valence electrons. The van der Waals surface area contributed by atoms with Gasteiger partial charge >= 0.3 is 0 Å². The van der Waals surface area contributed by atoms with Crippen LogP contribution in [-0.2, 0) is 0 Å². The molecule has 1 aliphatic heterocycles. The van der Waals surface area contributed by atoms with Gasteiger partial charge < -0.3 is 20.3 Å². The quantitative estimate of drug-likeness (QED) is 0.865. The molecule has 4 nitrogen and oxygen atoms in total. The summed E-state index contributed by atoms with van der Waals surface area (Å²) in [5.41, 5.74) is 6.74. The third kappa shape index (κ3) is 3.55. The zero-order chi connectivity index (χ0) is 13.7. The summed E-state index contributed by atoms with van der Waals surface area (Å²) in [5.74, 6) is 3.62. The second-order valence-electron chi connectivity index (χ2n) is 4.60. The normalized spacial score (nSPS) is 18.1. The van der Waals surface area contributed by atoms with Gasteiger partial charge in [0.1, 0.15) is 6.10 Å². The summed E-state index contributed by atoms with van der Waals surface area (Å²) in [6.45, 7) is -0.107. The van der Waals surface area contributed by atoms with Crippen LogP contribution in [0.3, 0.4) is 0 Å². The van der Waals surface area contributed by atoms with Gasteiger partial charge in [-0.1, -0.05) is 12.1 Å². The van der Waals surface area contributed by atoms with Crippen LogP contribution in [0.25, 0.3) is 0 Å². The molecule has 2 rings (SSSR count). The minimum absolute atomic E-state index is 0.107. The first-order chi connectivity index (χ1) is 9.26. The smallest absolute Gasteiger partial charge is 0.166 e. The summed E-state index contributed by atoms with van der Waals surface area (Å²) in [6.07, 6.45) is 2.29. The van der Waals surface area contributed by atoms with E-state index in [-0.39, 0.29) is 12.7 Å². The molecule has 1 aromatic rings. The van der Waals surface area contributed by atoms with E-state index in [1.165, 1.54) is 0 Å². The lowest BCUT2D eigenvalue weighted by molar-refractivity contribution is 0.179. The average molecular weight is 283 g/mol. The maximum atomic E-state index is 9.26. The second kappa shape index (κ2) is 7.03. The van der Waals surface area contributed by atoms with Gasteiger partial charge in [0, 0.05) is 5.56 Å². The Labute approximate surface area is 118 Å². The number of para-hydroxylation sites is 1. The molecule has 0 radical (unpaired) electrons. The van der Waals surface area contributed by atoms with Crippen molar-refractivity contribution in [3.63, 3.8) is 0 Å². The van der Waals surface area contributed by atoms with Crippen LogP contribution in [-0.4, -0.2) is 36.4 Å². The highest BCUT2D eigenvalue weighted by atomic mass is 32.2. The van der Waals surface area contributed by atoms with Gasteiger partial charge in [0.2, 0.25) is 0 Å². The molecule has 0 bridgehead atoms. The molecule has 5 heteroatoms.